The van der Waals surface area contributed by atoms with Crippen molar-refractivity contribution in [1.29, 1.82) is 0 Å². The molecule has 0 saturated heterocycles. The van der Waals surface area contributed by atoms with Gasteiger partial charge >= 0.3 is 40.1 Å². The van der Waals surface area contributed by atoms with E-state index in [0.717, 1.165) is 0 Å². The van der Waals surface area contributed by atoms with Gasteiger partial charge < -0.3 is 0 Å². The Kier molecular flexibility index (Phi) is 3.11. The monoisotopic (exact) mass is 276 g/mol. The van der Waals surface area contributed by atoms with Crippen molar-refractivity contribution in [2.75, 3.05) is 0 Å². The first kappa shape index (κ1) is 5.57. The average Bonchev–Trinajstić information content (AvgIpc) is 1.38. The Bertz CT molecular complexity index is 44.9. The molecule has 5 heteroatoms. The fourth-order valence-electron chi connectivity index (χ4n) is 0. The summed E-state index contributed by atoms with van der Waals surface area (Å²) in [6.45, 7) is 0. The van der Waals surface area contributed by atoms with Crippen molar-refractivity contribution in [3.05, 3.63) is 10.1 Å². The summed E-state index contributed by atoms with van der Waals surface area (Å²) in [7, 11) is 2.09. The Balaban J connectivity index is 2.85. The standard InChI is InChI=1S/Au.NO2.H2P/c;2-1-3;/h;;1H2/q+1;;-1. The molecule has 0 saturated carbocycles. The van der Waals surface area contributed by atoms with E-state index in [2.05, 4.69) is 7.13 Å². The Hall–Kier alpha value is 0.570. The van der Waals surface area contributed by atoms with Crippen molar-refractivity contribution in [2.24, 2.45) is 0 Å². The van der Waals surface area contributed by atoms with Crippen molar-refractivity contribution in [1.82, 2.24) is 0 Å². The van der Waals surface area contributed by atoms with Gasteiger partial charge in [0, 0.05) is 0 Å². The second-order valence-corrected chi connectivity index (χ2v) is 2.89. The van der Waals surface area contributed by atoms with E-state index in [9.17, 15) is 10.1 Å². The molecule has 0 fully saturated rings. The van der Waals surface area contributed by atoms with Gasteiger partial charge in [-0.25, -0.2) is 0 Å². The predicted octanol–water partition coefficient (Wildman–Crippen LogP) is 0.0507. The second kappa shape index (κ2) is 2.79. The number of hydrogen-bond acceptors (Lipinski definition) is 2. The fraction of sp³-hybridized carbons (Fsp3) is 0. The van der Waals surface area contributed by atoms with Crippen LogP contribution in [0.1, 0.15) is 0 Å². The molecule has 1 atom stereocenters. The summed E-state index contributed by atoms with van der Waals surface area (Å²) in [5, 5.41) is 9.20. The summed E-state index contributed by atoms with van der Waals surface area (Å²) >= 11 is -0.725. The number of rotatable bonds is 1. The molecule has 0 bridgehead atoms. The molecule has 5 heavy (non-hydrogen) atoms. The van der Waals surface area contributed by atoms with Gasteiger partial charge in [0.15, 0.2) is 0 Å². The number of hydrogen-bond donors (Lipinski definition) is 0. The summed E-state index contributed by atoms with van der Waals surface area (Å²) in [5.41, 5.74) is 0. The first-order valence-corrected chi connectivity index (χ1v) is 5.74. The van der Waals surface area contributed by atoms with E-state index in [0.29, 0.717) is 0 Å². The maximum absolute atomic E-state index is 9.20. The summed E-state index contributed by atoms with van der Waals surface area (Å²) in [6.07, 6.45) is 0. The van der Waals surface area contributed by atoms with Crippen LogP contribution in [0.25, 0.3) is 0 Å². The number of nitrogens with zero attached hydrogens (tertiary/aromatic N) is 1. The molecule has 1 unspecified atom stereocenters. The van der Waals surface area contributed by atoms with Crippen LogP contribution in [-0.2, 0) is 19.5 Å². The molecule has 3 nitrogen and oxygen atoms in total. The molecule has 35 valence electrons. The molecular weight excluding hydrogens is 274 g/mol. The van der Waals surface area contributed by atoms with Crippen molar-refractivity contribution < 1.29 is 22.8 Å². The van der Waals surface area contributed by atoms with Crippen molar-refractivity contribution >= 4 is 7.13 Å². The quantitative estimate of drug-likeness (QED) is 0.294. The van der Waals surface area contributed by atoms with Crippen LogP contribution in [0.5, 0.6) is 0 Å². The van der Waals surface area contributed by atoms with Crippen molar-refractivity contribution in [3.8, 4) is 0 Å². The molecule has 0 radical (unpaired) electrons. The zero-order valence-corrected chi connectivity index (χ0v) is 5.46. The molecule has 0 amide bonds. The van der Waals surface area contributed by atoms with E-state index in [1.165, 1.54) is 0 Å². The summed E-state index contributed by atoms with van der Waals surface area (Å²) in [5.74, 6) is 0. The van der Waals surface area contributed by atoms with Gasteiger partial charge in [-0.2, -0.15) is 0 Å². The zero-order valence-electron chi connectivity index (χ0n) is 2.14. The number of nitro groups is 1. The predicted molar refractivity (Wildman–Crippen MR) is 16.7 cm³/mol. The van der Waals surface area contributed by atoms with E-state index in [1.807, 2.05) is 0 Å². The first-order chi connectivity index (χ1) is 2.27. The Morgan fingerprint density at radius 3 is 2.20 bits per heavy atom. The minimum absolute atomic E-state index is 0.315. The molecule has 0 aromatic rings. The van der Waals surface area contributed by atoms with Gasteiger partial charge in [0.1, 0.15) is 0 Å². The molecule has 0 rings (SSSR count). The molecule has 0 aliphatic rings. The van der Waals surface area contributed by atoms with E-state index in [-0.39, 0.29) is 3.33 Å². The first-order valence-electron chi connectivity index (χ1n) is 0.674. The Labute approximate surface area is 40.5 Å². The van der Waals surface area contributed by atoms with Crippen LogP contribution >= 0.6 is 7.13 Å². The van der Waals surface area contributed by atoms with Crippen LogP contribution in [0.2, 0.25) is 0 Å². The summed E-state index contributed by atoms with van der Waals surface area (Å²) in [6, 6.07) is 0. The molecule has 0 heterocycles. The van der Waals surface area contributed by atoms with E-state index < -0.39 is 19.5 Å². The molecule has 0 aliphatic heterocycles. The zero-order chi connectivity index (χ0) is 4.28. The minimum atomic E-state index is -0.725. The molecule has 0 aliphatic carbocycles. The third-order valence-electron chi connectivity index (χ3n) is 0.0636. The van der Waals surface area contributed by atoms with E-state index >= 15 is 0 Å². The van der Waals surface area contributed by atoms with Gasteiger partial charge in [-0.15, -0.1) is 0 Å². The van der Waals surface area contributed by atoms with Gasteiger partial charge in [-0.05, 0) is 0 Å². The molecule has 0 aromatic carbocycles. The topological polar surface area (TPSA) is 43.1 Å². The van der Waals surface area contributed by atoms with Gasteiger partial charge in [-0.3, -0.25) is 0 Å². The van der Waals surface area contributed by atoms with Crippen LogP contribution in [0.4, 0.5) is 0 Å². The molecule has 0 spiro atoms. The van der Waals surface area contributed by atoms with Gasteiger partial charge in [0.05, 0.1) is 0 Å². The third kappa shape index (κ3) is 4.57. The Morgan fingerprint density at radius 2 is 2.20 bits per heavy atom. The van der Waals surface area contributed by atoms with Gasteiger partial charge in [-0.1, -0.05) is 0 Å². The van der Waals surface area contributed by atoms with Crippen LogP contribution in [0.15, 0.2) is 0 Å². The van der Waals surface area contributed by atoms with Crippen LogP contribution in [0.3, 0.4) is 0 Å². The van der Waals surface area contributed by atoms with Crippen molar-refractivity contribution in [2.45, 2.75) is 0 Å². The van der Waals surface area contributed by atoms with E-state index in [4.69, 9.17) is 0 Å². The SMILES string of the molecule is O=[N+]([O-])[Au][PH2]. The summed E-state index contributed by atoms with van der Waals surface area (Å²) < 4.78 is -0.315. The second-order valence-electron chi connectivity index (χ2n) is 0.262. The third-order valence-corrected chi connectivity index (χ3v) is 1.56. The van der Waals surface area contributed by atoms with Crippen LogP contribution < -0.4 is 0 Å². The van der Waals surface area contributed by atoms with Gasteiger partial charge in [0.25, 0.3) is 0 Å². The van der Waals surface area contributed by atoms with Gasteiger partial charge in [0.2, 0.25) is 0 Å². The molecule has 0 aromatic heterocycles. The van der Waals surface area contributed by atoms with Crippen LogP contribution in [0, 0.1) is 10.1 Å². The van der Waals surface area contributed by atoms with Crippen LogP contribution in [-0.4, -0.2) is 3.33 Å². The summed E-state index contributed by atoms with van der Waals surface area (Å²) in [4.78, 5) is 9.20. The molecular formula is H2AuNO2P. The normalized spacial score (nSPS) is 8.20. The molecule has 0 N–H and O–H groups in total. The average molecular weight is 276 g/mol. The Morgan fingerprint density at radius 1 is 2.00 bits per heavy atom. The maximum atomic E-state index is 9.20. The van der Waals surface area contributed by atoms with Crippen molar-refractivity contribution in [3.63, 3.8) is 0 Å². The fourth-order valence-corrected chi connectivity index (χ4v) is 0. The van der Waals surface area contributed by atoms with E-state index in [1.54, 1.807) is 0 Å².